The van der Waals surface area contributed by atoms with Crippen molar-refractivity contribution in [3.8, 4) is 0 Å². The summed E-state index contributed by atoms with van der Waals surface area (Å²) in [6, 6.07) is 6.00. The number of hydrogen-bond donors (Lipinski definition) is 1. The molecule has 4 nitrogen and oxygen atoms in total. The van der Waals surface area contributed by atoms with Crippen molar-refractivity contribution in [2.75, 3.05) is 38.7 Å². The average molecular weight is 286 g/mol. The topological polar surface area (TPSA) is 41.6 Å². The van der Waals surface area contributed by atoms with E-state index in [1.165, 1.54) is 11.1 Å². The third kappa shape index (κ3) is 2.95. The van der Waals surface area contributed by atoms with Crippen LogP contribution < -0.4 is 5.32 Å². The van der Waals surface area contributed by atoms with E-state index in [-0.39, 0.29) is 5.91 Å². The zero-order valence-electron chi connectivity index (χ0n) is 12.5. The molecule has 1 amide bonds. The number of benzene rings is 1. The van der Waals surface area contributed by atoms with Crippen LogP contribution in [0.5, 0.6) is 0 Å². The predicted octanol–water partition coefficient (Wildman–Crippen LogP) is 2.46. The molecule has 21 heavy (non-hydrogen) atoms. The molecule has 112 valence electrons. The fraction of sp³-hybridized carbons (Fsp3) is 0.471. The molecule has 3 rings (SSSR count). The van der Waals surface area contributed by atoms with E-state index in [0.29, 0.717) is 13.2 Å². The molecule has 0 aliphatic carbocycles. The molecule has 0 saturated heterocycles. The Kier molecular flexibility index (Phi) is 4.25. The molecule has 1 N–H and O–H groups in total. The van der Waals surface area contributed by atoms with Crippen LogP contribution in [0.4, 0.5) is 5.69 Å². The number of carbonyl (C=O) groups is 1. The molecular weight excluding hydrogens is 264 g/mol. The van der Waals surface area contributed by atoms with Crippen molar-refractivity contribution in [3.05, 3.63) is 41.0 Å². The summed E-state index contributed by atoms with van der Waals surface area (Å²) < 4.78 is 5.16. The van der Waals surface area contributed by atoms with Crippen LogP contribution in [-0.2, 0) is 11.2 Å². The molecule has 1 aromatic rings. The van der Waals surface area contributed by atoms with E-state index in [1.54, 1.807) is 7.11 Å². The fourth-order valence-electron chi connectivity index (χ4n) is 3.09. The summed E-state index contributed by atoms with van der Waals surface area (Å²) in [5, 5.41) is 3.39. The maximum Gasteiger partial charge on any atom is 0.254 e. The van der Waals surface area contributed by atoms with Gasteiger partial charge in [0.05, 0.1) is 6.61 Å². The van der Waals surface area contributed by atoms with E-state index in [0.717, 1.165) is 43.6 Å². The van der Waals surface area contributed by atoms with Crippen LogP contribution in [0.15, 0.2) is 29.8 Å². The van der Waals surface area contributed by atoms with E-state index in [2.05, 4.69) is 17.5 Å². The molecule has 0 unspecified atom stereocenters. The van der Waals surface area contributed by atoms with E-state index < -0.39 is 0 Å². The standard InChI is InChI=1S/C17H22N2O2/c1-21-12-13-7-10-19(11-8-13)17(20)15-4-2-6-16-14(15)5-3-9-18-16/h2,4,6-7,18H,3,5,8-12H2,1H3. The van der Waals surface area contributed by atoms with Crippen molar-refractivity contribution < 1.29 is 9.53 Å². The third-order valence-corrected chi connectivity index (χ3v) is 4.25. The van der Waals surface area contributed by atoms with Crippen LogP contribution >= 0.6 is 0 Å². The highest BCUT2D eigenvalue weighted by molar-refractivity contribution is 5.97. The van der Waals surface area contributed by atoms with Gasteiger partial charge < -0.3 is 15.0 Å². The molecule has 0 radical (unpaired) electrons. The highest BCUT2D eigenvalue weighted by atomic mass is 16.5. The first-order chi connectivity index (χ1) is 10.3. The second kappa shape index (κ2) is 6.31. The molecule has 0 saturated carbocycles. The van der Waals surface area contributed by atoms with Gasteiger partial charge in [0.15, 0.2) is 0 Å². The average Bonchev–Trinajstić information content (AvgIpc) is 2.55. The Labute approximate surface area is 125 Å². The van der Waals surface area contributed by atoms with Crippen molar-refractivity contribution in [3.63, 3.8) is 0 Å². The van der Waals surface area contributed by atoms with E-state index in [4.69, 9.17) is 4.74 Å². The molecule has 0 spiro atoms. The number of methoxy groups -OCH3 is 1. The van der Waals surface area contributed by atoms with Gasteiger partial charge in [0.25, 0.3) is 5.91 Å². The predicted molar refractivity (Wildman–Crippen MR) is 83.7 cm³/mol. The van der Waals surface area contributed by atoms with Crippen molar-refractivity contribution in [1.29, 1.82) is 0 Å². The Balaban J connectivity index is 1.77. The lowest BCUT2D eigenvalue weighted by Crippen LogP contribution is -2.36. The van der Waals surface area contributed by atoms with Gasteiger partial charge in [-0.3, -0.25) is 4.79 Å². The monoisotopic (exact) mass is 286 g/mol. The lowest BCUT2D eigenvalue weighted by atomic mass is 9.96. The number of rotatable bonds is 3. The van der Waals surface area contributed by atoms with Gasteiger partial charge in [0.1, 0.15) is 0 Å². The molecule has 1 aromatic carbocycles. The van der Waals surface area contributed by atoms with Gasteiger partial charge in [0.2, 0.25) is 0 Å². The number of carbonyl (C=O) groups excluding carboxylic acids is 1. The molecule has 0 bridgehead atoms. The SMILES string of the molecule is COCC1=CCN(C(=O)c2cccc3c2CCCN3)CC1. The Morgan fingerprint density at radius 2 is 2.29 bits per heavy atom. The van der Waals surface area contributed by atoms with Gasteiger partial charge in [-0.25, -0.2) is 0 Å². The van der Waals surface area contributed by atoms with Gasteiger partial charge in [-0.15, -0.1) is 0 Å². The number of nitrogens with one attached hydrogen (secondary N) is 1. The van der Waals surface area contributed by atoms with Gasteiger partial charge in [-0.2, -0.15) is 0 Å². The Morgan fingerprint density at radius 1 is 1.38 bits per heavy atom. The zero-order chi connectivity index (χ0) is 14.7. The molecule has 2 aliphatic heterocycles. The second-order valence-corrected chi connectivity index (χ2v) is 5.66. The molecule has 2 heterocycles. The normalized spacial score (nSPS) is 17.8. The summed E-state index contributed by atoms with van der Waals surface area (Å²) in [7, 11) is 1.71. The Bertz CT molecular complexity index is 566. The van der Waals surface area contributed by atoms with Crippen molar-refractivity contribution >= 4 is 11.6 Å². The number of fused-ring (bicyclic) bond motifs is 1. The Hall–Kier alpha value is -1.81. The molecular formula is C17H22N2O2. The number of amides is 1. The summed E-state index contributed by atoms with van der Waals surface area (Å²) >= 11 is 0. The smallest absolute Gasteiger partial charge is 0.254 e. The summed E-state index contributed by atoms with van der Waals surface area (Å²) in [5.41, 5.74) is 4.46. The quantitative estimate of drug-likeness (QED) is 0.868. The van der Waals surface area contributed by atoms with Crippen LogP contribution in [0.1, 0.15) is 28.8 Å². The number of anilines is 1. The van der Waals surface area contributed by atoms with Gasteiger partial charge in [-0.05, 0) is 42.5 Å². The molecule has 0 fully saturated rings. The minimum absolute atomic E-state index is 0.156. The minimum atomic E-state index is 0.156. The first kappa shape index (κ1) is 14.1. The second-order valence-electron chi connectivity index (χ2n) is 5.66. The van der Waals surface area contributed by atoms with Gasteiger partial charge in [-0.1, -0.05) is 12.1 Å². The number of hydrogen-bond acceptors (Lipinski definition) is 3. The molecule has 0 aromatic heterocycles. The fourth-order valence-corrected chi connectivity index (χ4v) is 3.09. The van der Waals surface area contributed by atoms with Gasteiger partial charge >= 0.3 is 0 Å². The van der Waals surface area contributed by atoms with Crippen molar-refractivity contribution in [2.45, 2.75) is 19.3 Å². The summed E-state index contributed by atoms with van der Waals surface area (Å²) in [4.78, 5) is 14.7. The molecule has 4 heteroatoms. The number of nitrogens with zero attached hydrogens (tertiary/aromatic N) is 1. The van der Waals surface area contributed by atoms with Crippen LogP contribution in [-0.4, -0.2) is 44.2 Å². The Morgan fingerprint density at radius 3 is 3.05 bits per heavy atom. The summed E-state index contributed by atoms with van der Waals surface area (Å²) in [5.74, 6) is 0.156. The third-order valence-electron chi connectivity index (χ3n) is 4.25. The van der Waals surface area contributed by atoms with Gasteiger partial charge in [0, 0.05) is 38.0 Å². The zero-order valence-corrected chi connectivity index (χ0v) is 12.5. The van der Waals surface area contributed by atoms with E-state index >= 15 is 0 Å². The first-order valence-corrected chi connectivity index (χ1v) is 7.61. The van der Waals surface area contributed by atoms with Crippen LogP contribution in [0, 0.1) is 0 Å². The van der Waals surface area contributed by atoms with Crippen LogP contribution in [0.3, 0.4) is 0 Å². The largest absolute Gasteiger partial charge is 0.385 e. The highest BCUT2D eigenvalue weighted by Gasteiger charge is 2.23. The summed E-state index contributed by atoms with van der Waals surface area (Å²) in [6.45, 7) is 3.14. The highest BCUT2D eigenvalue weighted by Crippen LogP contribution is 2.27. The van der Waals surface area contributed by atoms with Crippen LogP contribution in [0.2, 0.25) is 0 Å². The lowest BCUT2D eigenvalue weighted by molar-refractivity contribution is 0.0764. The van der Waals surface area contributed by atoms with Crippen molar-refractivity contribution in [2.24, 2.45) is 0 Å². The van der Waals surface area contributed by atoms with Crippen molar-refractivity contribution in [1.82, 2.24) is 4.90 Å². The molecule has 2 aliphatic rings. The first-order valence-electron chi connectivity index (χ1n) is 7.61. The lowest BCUT2D eigenvalue weighted by Gasteiger charge is -2.28. The summed E-state index contributed by atoms with van der Waals surface area (Å²) in [6.07, 6.45) is 5.11. The minimum Gasteiger partial charge on any atom is -0.385 e. The van der Waals surface area contributed by atoms with E-state index in [1.807, 2.05) is 17.0 Å². The van der Waals surface area contributed by atoms with E-state index in [9.17, 15) is 4.79 Å². The van der Waals surface area contributed by atoms with Crippen LogP contribution in [0.25, 0.3) is 0 Å². The number of ether oxygens (including phenoxy) is 1. The maximum absolute atomic E-state index is 12.8. The molecule has 0 atom stereocenters. The maximum atomic E-state index is 12.8.